The third-order valence-electron chi connectivity index (χ3n) is 3.85. The lowest BCUT2D eigenvalue weighted by molar-refractivity contribution is -0.115. The quantitative estimate of drug-likeness (QED) is 0.673. The predicted molar refractivity (Wildman–Crippen MR) is 92.3 cm³/mol. The van der Waals surface area contributed by atoms with Gasteiger partial charge in [0.05, 0.1) is 6.54 Å². The van der Waals surface area contributed by atoms with Crippen LogP contribution in [0, 0.1) is 0 Å². The van der Waals surface area contributed by atoms with Gasteiger partial charge >= 0.3 is 0 Å². The van der Waals surface area contributed by atoms with Crippen molar-refractivity contribution in [1.29, 1.82) is 0 Å². The summed E-state index contributed by atoms with van der Waals surface area (Å²) in [5, 5.41) is 5.43. The Kier molecular flexibility index (Phi) is 5.20. The van der Waals surface area contributed by atoms with Crippen molar-refractivity contribution >= 4 is 17.5 Å². The van der Waals surface area contributed by atoms with Gasteiger partial charge in [0.25, 0.3) is 5.91 Å². The van der Waals surface area contributed by atoms with Crippen molar-refractivity contribution < 1.29 is 9.59 Å². The van der Waals surface area contributed by atoms with Crippen LogP contribution in [0.4, 0.5) is 5.69 Å². The Morgan fingerprint density at radius 1 is 1.08 bits per heavy atom. The summed E-state index contributed by atoms with van der Waals surface area (Å²) < 4.78 is 0. The average molecular weight is 324 g/mol. The first-order valence-corrected chi connectivity index (χ1v) is 7.94. The number of hydrogen-bond acceptors (Lipinski definition) is 4. The fourth-order valence-corrected chi connectivity index (χ4v) is 2.62. The molecule has 24 heavy (non-hydrogen) atoms. The molecule has 6 heteroatoms. The van der Waals surface area contributed by atoms with Crippen molar-refractivity contribution in [2.75, 3.05) is 18.4 Å². The molecule has 1 unspecified atom stereocenters. The van der Waals surface area contributed by atoms with Gasteiger partial charge in [-0.25, -0.2) is 0 Å². The molecule has 0 spiro atoms. The van der Waals surface area contributed by atoms with Crippen LogP contribution in [0.15, 0.2) is 54.6 Å². The molecular weight excluding hydrogens is 304 g/mol. The minimum absolute atomic E-state index is 0.0683. The van der Waals surface area contributed by atoms with E-state index in [2.05, 4.69) is 21.5 Å². The molecule has 1 aliphatic heterocycles. The number of carbonyl (C=O) groups is 2. The zero-order chi connectivity index (χ0) is 16.8. The minimum Gasteiger partial charge on any atom is -0.343 e. The minimum atomic E-state index is -0.263. The Morgan fingerprint density at radius 2 is 1.92 bits per heavy atom. The summed E-state index contributed by atoms with van der Waals surface area (Å²) in [4.78, 5) is 24.0. The Hall–Kier alpha value is -2.70. The maximum atomic E-state index is 12.0. The highest BCUT2D eigenvalue weighted by molar-refractivity contribution is 5.99. The Labute approximate surface area is 140 Å². The molecule has 0 bridgehead atoms. The molecule has 2 aromatic rings. The lowest BCUT2D eigenvalue weighted by Crippen LogP contribution is -2.32. The molecule has 4 N–H and O–H groups in total. The predicted octanol–water partition coefficient (Wildman–Crippen LogP) is 1.59. The van der Waals surface area contributed by atoms with E-state index in [0.29, 0.717) is 5.56 Å². The zero-order valence-electron chi connectivity index (χ0n) is 13.2. The first-order chi connectivity index (χ1) is 11.7. The summed E-state index contributed by atoms with van der Waals surface area (Å²) in [6, 6.07) is 16.8. The fraction of sp³-hybridized carbons (Fsp3) is 0.222. The van der Waals surface area contributed by atoms with Crippen LogP contribution in [0.5, 0.6) is 0 Å². The number of hydrazine groups is 1. The van der Waals surface area contributed by atoms with Crippen molar-refractivity contribution in [3.05, 3.63) is 65.7 Å². The maximum absolute atomic E-state index is 12.0. The fourth-order valence-electron chi connectivity index (χ4n) is 2.62. The maximum Gasteiger partial charge on any atom is 0.251 e. The Morgan fingerprint density at radius 3 is 2.67 bits per heavy atom. The molecule has 0 aliphatic carbocycles. The third-order valence-corrected chi connectivity index (χ3v) is 3.85. The van der Waals surface area contributed by atoms with Crippen LogP contribution >= 0.6 is 0 Å². The van der Waals surface area contributed by atoms with Crippen molar-refractivity contribution in [3.63, 3.8) is 0 Å². The average Bonchev–Trinajstić information content (AvgIpc) is 3.15. The van der Waals surface area contributed by atoms with Gasteiger partial charge in [0.1, 0.15) is 0 Å². The topological polar surface area (TPSA) is 82.3 Å². The zero-order valence-corrected chi connectivity index (χ0v) is 13.2. The second-order valence-corrected chi connectivity index (χ2v) is 5.63. The van der Waals surface area contributed by atoms with Gasteiger partial charge in [-0.3, -0.25) is 20.4 Å². The first-order valence-electron chi connectivity index (χ1n) is 7.94. The van der Waals surface area contributed by atoms with Crippen LogP contribution in [0.2, 0.25) is 0 Å². The van der Waals surface area contributed by atoms with Crippen LogP contribution < -0.4 is 21.5 Å². The van der Waals surface area contributed by atoms with Crippen LogP contribution in [-0.4, -0.2) is 24.9 Å². The standard InChI is InChI=1S/C18H20N4O2/c23-17(12-19-18(24)13-5-2-1-3-6-13)21-15-8-4-7-14(11-15)16-9-10-20-22-16/h1-8,11,16,20,22H,9-10,12H2,(H,19,24)(H,21,23). The van der Waals surface area contributed by atoms with E-state index in [9.17, 15) is 9.59 Å². The molecule has 0 radical (unpaired) electrons. The van der Waals surface area contributed by atoms with Crippen molar-refractivity contribution in [1.82, 2.24) is 16.2 Å². The van der Waals surface area contributed by atoms with E-state index in [1.807, 2.05) is 30.3 Å². The molecular formula is C18H20N4O2. The number of hydrogen-bond donors (Lipinski definition) is 4. The highest BCUT2D eigenvalue weighted by atomic mass is 16.2. The molecule has 124 valence electrons. The van der Waals surface area contributed by atoms with Gasteiger partial charge in [-0.2, -0.15) is 0 Å². The Balaban J connectivity index is 1.53. The molecule has 0 aromatic heterocycles. The third kappa shape index (κ3) is 4.18. The number of benzene rings is 2. The van der Waals surface area contributed by atoms with E-state index in [-0.39, 0.29) is 24.4 Å². The molecule has 0 saturated carbocycles. The van der Waals surface area contributed by atoms with E-state index >= 15 is 0 Å². The van der Waals surface area contributed by atoms with Crippen LogP contribution in [0.3, 0.4) is 0 Å². The van der Waals surface area contributed by atoms with E-state index in [4.69, 9.17) is 0 Å². The van der Waals surface area contributed by atoms with Gasteiger partial charge in [-0.05, 0) is 36.2 Å². The van der Waals surface area contributed by atoms with Crippen LogP contribution in [-0.2, 0) is 4.79 Å². The highest BCUT2D eigenvalue weighted by Gasteiger charge is 2.16. The number of nitrogens with one attached hydrogen (secondary N) is 4. The number of rotatable bonds is 5. The molecule has 1 fully saturated rings. The van der Waals surface area contributed by atoms with E-state index in [1.165, 1.54) is 0 Å². The number of anilines is 1. The van der Waals surface area contributed by atoms with Crippen molar-refractivity contribution in [2.45, 2.75) is 12.5 Å². The SMILES string of the molecule is O=C(CNC(=O)c1ccccc1)Nc1cccc(C2CCNN2)c1. The second-order valence-electron chi connectivity index (χ2n) is 5.63. The number of amides is 2. The second kappa shape index (κ2) is 7.72. The summed E-state index contributed by atoms with van der Waals surface area (Å²) in [5.41, 5.74) is 8.66. The van der Waals surface area contributed by atoms with Gasteiger partial charge in [-0.15, -0.1) is 0 Å². The largest absolute Gasteiger partial charge is 0.343 e. The molecule has 2 aromatic carbocycles. The first kappa shape index (κ1) is 16.2. The molecule has 1 atom stereocenters. The normalized spacial score (nSPS) is 16.6. The summed E-state index contributed by atoms with van der Waals surface area (Å²) in [6.45, 7) is 0.855. The van der Waals surface area contributed by atoms with Crippen molar-refractivity contribution in [2.24, 2.45) is 0 Å². The highest BCUT2D eigenvalue weighted by Crippen LogP contribution is 2.21. The molecule has 1 saturated heterocycles. The summed E-state index contributed by atoms with van der Waals surface area (Å²) in [6.07, 6.45) is 1.00. The van der Waals surface area contributed by atoms with Gasteiger partial charge in [0, 0.05) is 23.8 Å². The summed E-state index contributed by atoms with van der Waals surface area (Å²) in [5.74, 6) is -0.519. The van der Waals surface area contributed by atoms with Gasteiger partial charge in [0.15, 0.2) is 0 Å². The molecule has 2 amide bonds. The van der Waals surface area contributed by atoms with Gasteiger partial charge in [-0.1, -0.05) is 30.3 Å². The van der Waals surface area contributed by atoms with Crippen LogP contribution in [0.25, 0.3) is 0 Å². The lowest BCUT2D eigenvalue weighted by Gasteiger charge is -2.12. The van der Waals surface area contributed by atoms with E-state index < -0.39 is 0 Å². The monoisotopic (exact) mass is 324 g/mol. The van der Waals surface area contributed by atoms with Crippen LogP contribution in [0.1, 0.15) is 28.4 Å². The van der Waals surface area contributed by atoms with Gasteiger partial charge in [0.2, 0.25) is 5.91 Å². The van der Waals surface area contributed by atoms with E-state index in [1.54, 1.807) is 24.3 Å². The summed E-state index contributed by atoms with van der Waals surface area (Å²) in [7, 11) is 0. The molecule has 1 heterocycles. The molecule has 3 rings (SSSR count). The summed E-state index contributed by atoms with van der Waals surface area (Å²) >= 11 is 0. The Bertz CT molecular complexity index is 712. The number of carbonyl (C=O) groups excluding carboxylic acids is 2. The smallest absolute Gasteiger partial charge is 0.251 e. The molecule has 6 nitrogen and oxygen atoms in total. The molecule has 1 aliphatic rings. The van der Waals surface area contributed by atoms with Crippen molar-refractivity contribution in [3.8, 4) is 0 Å². The lowest BCUT2D eigenvalue weighted by atomic mass is 10.0. The van der Waals surface area contributed by atoms with E-state index in [0.717, 1.165) is 24.2 Å². The van der Waals surface area contributed by atoms with Gasteiger partial charge < -0.3 is 10.6 Å².